The average Bonchev–Trinajstić information content (AvgIpc) is 3.01. The molecule has 1 aliphatic heterocycles. The van der Waals surface area contributed by atoms with Crippen LogP contribution in [0.3, 0.4) is 0 Å². The van der Waals surface area contributed by atoms with E-state index in [9.17, 15) is 0 Å². The molecule has 1 aromatic heterocycles. The smallest absolute Gasteiger partial charge is 0.208 e. The topological polar surface area (TPSA) is 65.7 Å². The first-order valence-electron chi connectivity index (χ1n) is 10.6. The van der Waals surface area contributed by atoms with Crippen molar-refractivity contribution in [2.24, 2.45) is 10.9 Å². The van der Waals surface area contributed by atoms with Crippen molar-refractivity contribution in [1.82, 2.24) is 20.5 Å². The maximum Gasteiger partial charge on any atom is 0.208 e. The number of oxazole rings is 1. The van der Waals surface area contributed by atoms with Crippen molar-refractivity contribution in [3.8, 4) is 0 Å². The zero-order valence-corrected chi connectivity index (χ0v) is 18.5. The fraction of sp³-hybridized carbons (Fsp3) is 0.565. The highest BCUT2D eigenvalue weighted by molar-refractivity contribution is 5.79. The highest BCUT2D eigenvalue weighted by atomic mass is 16.4. The second-order valence-corrected chi connectivity index (χ2v) is 8.21. The third-order valence-corrected chi connectivity index (χ3v) is 5.87. The number of aryl methyl sites for hydroxylation is 4. The van der Waals surface area contributed by atoms with Gasteiger partial charge in [-0.2, -0.15) is 0 Å². The molecule has 29 heavy (non-hydrogen) atoms. The van der Waals surface area contributed by atoms with Crippen molar-refractivity contribution in [3.63, 3.8) is 0 Å². The Morgan fingerprint density at radius 1 is 1.17 bits per heavy atom. The molecule has 3 rings (SSSR count). The van der Waals surface area contributed by atoms with Gasteiger partial charge in [0.25, 0.3) is 0 Å². The van der Waals surface area contributed by atoms with E-state index >= 15 is 0 Å². The Bertz CT molecular complexity index is 814. The lowest BCUT2D eigenvalue weighted by atomic mass is 9.97. The molecule has 0 bridgehead atoms. The van der Waals surface area contributed by atoms with Crippen LogP contribution in [0, 0.1) is 33.6 Å². The lowest BCUT2D eigenvalue weighted by molar-refractivity contribution is 0.164. The molecule has 158 valence electrons. The zero-order chi connectivity index (χ0) is 20.8. The van der Waals surface area contributed by atoms with E-state index in [2.05, 4.69) is 57.6 Å². The van der Waals surface area contributed by atoms with E-state index < -0.39 is 0 Å². The molecular formula is C23H35N5O. The number of likely N-dealkylation sites (tertiary alicyclic amines) is 1. The molecule has 0 spiro atoms. The van der Waals surface area contributed by atoms with Crippen molar-refractivity contribution < 1.29 is 4.42 Å². The minimum absolute atomic E-state index is 0.666. The summed E-state index contributed by atoms with van der Waals surface area (Å²) in [6.45, 7) is 13.0. The number of guanidine groups is 1. The highest BCUT2D eigenvalue weighted by Gasteiger charge is 2.21. The number of rotatable bonds is 6. The summed E-state index contributed by atoms with van der Waals surface area (Å²) in [7, 11) is 1.83. The maximum absolute atomic E-state index is 5.73. The van der Waals surface area contributed by atoms with Gasteiger partial charge in [0.1, 0.15) is 5.76 Å². The number of nitrogens with zero attached hydrogens (tertiary/aromatic N) is 3. The molecule has 1 saturated heterocycles. The molecule has 0 aliphatic carbocycles. The van der Waals surface area contributed by atoms with Gasteiger partial charge in [-0.25, -0.2) is 4.98 Å². The number of piperidine rings is 1. The molecule has 1 aliphatic rings. The lowest BCUT2D eigenvalue weighted by Gasteiger charge is -2.31. The second kappa shape index (κ2) is 9.92. The van der Waals surface area contributed by atoms with Gasteiger partial charge in [0.2, 0.25) is 5.89 Å². The summed E-state index contributed by atoms with van der Waals surface area (Å²) in [5, 5.41) is 6.95. The third kappa shape index (κ3) is 6.07. The quantitative estimate of drug-likeness (QED) is 0.577. The van der Waals surface area contributed by atoms with Crippen LogP contribution in [0.1, 0.15) is 46.9 Å². The Labute approximate surface area is 174 Å². The van der Waals surface area contributed by atoms with Crippen LogP contribution in [-0.2, 0) is 13.1 Å². The average molecular weight is 398 g/mol. The van der Waals surface area contributed by atoms with Crippen LogP contribution in [0.25, 0.3) is 0 Å². The molecular weight excluding hydrogens is 362 g/mol. The van der Waals surface area contributed by atoms with Gasteiger partial charge in [-0.05, 0) is 70.7 Å². The number of hydrogen-bond donors (Lipinski definition) is 2. The molecule has 0 radical (unpaired) electrons. The van der Waals surface area contributed by atoms with Crippen LogP contribution in [0.4, 0.5) is 0 Å². The van der Waals surface area contributed by atoms with E-state index in [1.54, 1.807) is 0 Å². The summed E-state index contributed by atoms with van der Waals surface area (Å²) < 4.78 is 5.73. The number of aromatic nitrogens is 1. The van der Waals surface area contributed by atoms with Crippen molar-refractivity contribution in [1.29, 1.82) is 0 Å². The Kier molecular flexibility index (Phi) is 7.31. The van der Waals surface area contributed by atoms with Crippen molar-refractivity contribution in [2.75, 3.05) is 26.7 Å². The SMILES string of the molecule is CN=C(NCc1ccc(C)cc1C)NCC1CCN(Cc2nc(C)c(C)o2)CC1. The molecule has 0 saturated carbocycles. The summed E-state index contributed by atoms with van der Waals surface area (Å²) in [4.78, 5) is 11.3. The molecule has 1 aromatic carbocycles. The summed E-state index contributed by atoms with van der Waals surface area (Å²) in [5.41, 5.74) is 4.92. The van der Waals surface area contributed by atoms with Gasteiger partial charge < -0.3 is 15.1 Å². The summed E-state index contributed by atoms with van der Waals surface area (Å²) in [5.74, 6) is 3.31. The fourth-order valence-corrected chi connectivity index (χ4v) is 3.83. The number of hydrogen-bond acceptors (Lipinski definition) is 4. The van der Waals surface area contributed by atoms with E-state index in [-0.39, 0.29) is 0 Å². The van der Waals surface area contributed by atoms with Gasteiger partial charge in [-0.1, -0.05) is 23.8 Å². The normalized spacial score (nSPS) is 16.2. The van der Waals surface area contributed by atoms with Crippen LogP contribution in [0.5, 0.6) is 0 Å². The minimum atomic E-state index is 0.666. The van der Waals surface area contributed by atoms with Crippen molar-refractivity contribution in [2.45, 2.75) is 53.6 Å². The van der Waals surface area contributed by atoms with Crippen LogP contribution in [0.2, 0.25) is 0 Å². The van der Waals surface area contributed by atoms with Gasteiger partial charge in [-0.3, -0.25) is 9.89 Å². The van der Waals surface area contributed by atoms with Gasteiger partial charge >= 0.3 is 0 Å². The van der Waals surface area contributed by atoms with Crippen molar-refractivity contribution in [3.05, 3.63) is 52.2 Å². The van der Waals surface area contributed by atoms with Crippen LogP contribution in [0.15, 0.2) is 27.6 Å². The van der Waals surface area contributed by atoms with Crippen LogP contribution in [-0.4, -0.2) is 42.5 Å². The molecule has 0 unspecified atom stereocenters. The van der Waals surface area contributed by atoms with Gasteiger partial charge in [0, 0.05) is 20.1 Å². The monoisotopic (exact) mass is 397 g/mol. The van der Waals surface area contributed by atoms with Gasteiger partial charge in [0.15, 0.2) is 5.96 Å². The van der Waals surface area contributed by atoms with E-state index in [1.807, 2.05) is 20.9 Å². The Morgan fingerprint density at radius 3 is 2.55 bits per heavy atom. The molecule has 2 heterocycles. The number of aliphatic imine (C=N–C) groups is 1. The molecule has 2 N–H and O–H groups in total. The first-order chi connectivity index (χ1) is 13.9. The fourth-order valence-electron chi connectivity index (χ4n) is 3.83. The van der Waals surface area contributed by atoms with Crippen LogP contribution >= 0.6 is 0 Å². The maximum atomic E-state index is 5.73. The molecule has 0 atom stereocenters. The van der Waals surface area contributed by atoms with Gasteiger partial charge in [0.05, 0.1) is 12.2 Å². The molecule has 0 amide bonds. The second-order valence-electron chi connectivity index (χ2n) is 8.21. The molecule has 2 aromatic rings. The van der Waals surface area contributed by atoms with Crippen molar-refractivity contribution >= 4 is 5.96 Å². The largest absolute Gasteiger partial charge is 0.444 e. The Hall–Kier alpha value is -2.34. The van der Waals surface area contributed by atoms with Crippen LogP contribution < -0.4 is 10.6 Å². The summed E-state index contributed by atoms with van der Waals surface area (Å²) in [6.07, 6.45) is 2.36. The van der Waals surface area contributed by atoms with E-state index in [1.165, 1.54) is 29.5 Å². The highest BCUT2D eigenvalue weighted by Crippen LogP contribution is 2.19. The van der Waals surface area contributed by atoms with Gasteiger partial charge in [-0.15, -0.1) is 0 Å². The predicted octanol–water partition coefficient (Wildman–Crippen LogP) is 3.49. The minimum Gasteiger partial charge on any atom is -0.444 e. The number of nitrogens with one attached hydrogen (secondary N) is 2. The third-order valence-electron chi connectivity index (χ3n) is 5.87. The van der Waals surface area contributed by atoms with E-state index in [0.29, 0.717) is 5.92 Å². The van der Waals surface area contributed by atoms with E-state index in [0.717, 1.165) is 56.0 Å². The van der Waals surface area contributed by atoms with E-state index in [4.69, 9.17) is 4.42 Å². The Morgan fingerprint density at radius 2 is 1.93 bits per heavy atom. The summed E-state index contributed by atoms with van der Waals surface area (Å²) >= 11 is 0. The summed E-state index contributed by atoms with van der Waals surface area (Å²) in [6, 6.07) is 6.58. The lowest BCUT2D eigenvalue weighted by Crippen LogP contribution is -2.42. The first-order valence-corrected chi connectivity index (χ1v) is 10.6. The zero-order valence-electron chi connectivity index (χ0n) is 18.5. The molecule has 1 fully saturated rings. The predicted molar refractivity (Wildman–Crippen MR) is 118 cm³/mol. The number of benzene rings is 1. The molecule has 6 heteroatoms. The molecule has 6 nitrogen and oxygen atoms in total. The first kappa shape index (κ1) is 21.4. The Balaban J connectivity index is 1.39. The standard InChI is InChI=1S/C23H35N5O/c1-16-6-7-21(17(2)12-16)14-26-23(24-5)25-13-20-8-10-28(11-9-20)15-22-27-18(3)19(4)29-22/h6-7,12,20H,8-11,13-15H2,1-5H3,(H2,24,25,26).